The first kappa shape index (κ1) is 13.8. The molecule has 3 N–H and O–H groups in total. The van der Waals surface area contributed by atoms with Gasteiger partial charge in [0.25, 0.3) is 0 Å². The Labute approximate surface area is 107 Å². The Kier molecular flexibility index (Phi) is 5.44. The zero-order valence-corrected chi connectivity index (χ0v) is 10.7. The quantitative estimate of drug-likeness (QED) is 0.357. The highest BCUT2D eigenvalue weighted by atomic mass is 16.5. The third-order valence-electron chi connectivity index (χ3n) is 2.20. The summed E-state index contributed by atoms with van der Waals surface area (Å²) in [6.07, 6.45) is 5.06. The fourth-order valence-corrected chi connectivity index (χ4v) is 1.39. The van der Waals surface area contributed by atoms with Crippen LogP contribution < -0.4 is 11.1 Å². The molecule has 1 rings (SSSR count). The van der Waals surface area contributed by atoms with Gasteiger partial charge in [0.15, 0.2) is 11.6 Å². The van der Waals surface area contributed by atoms with Crippen LogP contribution in [0.15, 0.2) is 47.8 Å². The lowest BCUT2D eigenvalue weighted by atomic mass is 10.3. The summed E-state index contributed by atoms with van der Waals surface area (Å²) < 4.78 is 5.68. The fourth-order valence-electron chi connectivity index (χ4n) is 1.39. The molecule has 1 aromatic heterocycles. The molecule has 5 heteroatoms. The van der Waals surface area contributed by atoms with Crippen LogP contribution in [0.4, 0.5) is 5.82 Å². The van der Waals surface area contributed by atoms with Crippen LogP contribution in [0.5, 0.6) is 0 Å². The van der Waals surface area contributed by atoms with Crippen molar-refractivity contribution in [1.82, 2.24) is 10.3 Å². The van der Waals surface area contributed by atoms with Crippen LogP contribution >= 0.6 is 0 Å². The zero-order valence-electron chi connectivity index (χ0n) is 10.7. The van der Waals surface area contributed by atoms with Crippen LogP contribution in [-0.2, 0) is 11.3 Å². The SMILES string of the molecule is C=C/C=C(/OCc1ccnc(N)c1)C(=NC)NC. The zero-order chi connectivity index (χ0) is 13.4. The van der Waals surface area contributed by atoms with E-state index in [-0.39, 0.29) is 0 Å². The number of nitrogens with zero attached hydrogens (tertiary/aromatic N) is 2. The Morgan fingerprint density at radius 2 is 2.44 bits per heavy atom. The van der Waals surface area contributed by atoms with Crippen molar-refractivity contribution in [3.8, 4) is 0 Å². The van der Waals surface area contributed by atoms with E-state index in [0.29, 0.717) is 24.0 Å². The number of amidine groups is 1. The molecule has 0 amide bonds. The third kappa shape index (κ3) is 3.93. The van der Waals surface area contributed by atoms with Crippen molar-refractivity contribution < 1.29 is 4.74 Å². The minimum atomic E-state index is 0.396. The molecule has 0 spiro atoms. The number of nitrogen functional groups attached to an aromatic ring is 1. The molecule has 0 fully saturated rings. The lowest BCUT2D eigenvalue weighted by Crippen LogP contribution is -2.22. The van der Waals surface area contributed by atoms with Crippen LogP contribution in [0.25, 0.3) is 0 Å². The summed E-state index contributed by atoms with van der Waals surface area (Å²) in [5.41, 5.74) is 6.55. The number of allylic oxidation sites excluding steroid dienone is 2. The molecular formula is C13H18N4O. The van der Waals surface area contributed by atoms with E-state index in [2.05, 4.69) is 21.9 Å². The molecule has 0 aliphatic rings. The summed E-state index contributed by atoms with van der Waals surface area (Å²) >= 11 is 0. The van der Waals surface area contributed by atoms with E-state index in [4.69, 9.17) is 10.5 Å². The van der Waals surface area contributed by atoms with E-state index in [1.807, 2.05) is 6.07 Å². The Morgan fingerprint density at radius 3 is 3.00 bits per heavy atom. The minimum Gasteiger partial charge on any atom is -0.485 e. The average Bonchev–Trinajstić information content (AvgIpc) is 2.37. The molecule has 0 bridgehead atoms. The van der Waals surface area contributed by atoms with Gasteiger partial charge in [0.05, 0.1) is 0 Å². The number of likely N-dealkylation sites (N-methyl/N-ethyl adjacent to an activating group) is 1. The van der Waals surface area contributed by atoms with Gasteiger partial charge in [-0.3, -0.25) is 4.99 Å². The second-order valence-electron chi connectivity index (χ2n) is 3.47. The molecule has 0 unspecified atom stereocenters. The summed E-state index contributed by atoms with van der Waals surface area (Å²) in [5.74, 6) is 1.77. The van der Waals surface area contributed by atoms with Crippen molar-refractivity contribution in [1.29, 1.82) is 0 Å². The first-order chi connectivity index (χ1) is 8.71. The van der Waals surface area contributed by atoms with Crippen molar-refractivity contribution in [2.45, 2.75) is 6.61 Å². The average molecular weight is 246 g/mol. The molecule has 96 valence electrons. The van der Waals surface area contributed by atoms with Crippen molar-refractivity contribution in [2.75, 3.05) is 19.8 Å². The molecule has 0 aromatic carbocycles. The molecule has 0 saturated heterocycles. The van der Waals surface area contributed by atoms with Gasteiger partial charge in [-0.05, 0) is 23.8 Å². The van der Waals surface area contributed by atoms with Crippen LogP contribution in [0.1, 0.15) is 5.56 Å². The first-order valence-corrected chi connectivity index (χ1v) is 5.52. The van der Waals surface area contributed by atoms with Crippen LogP contribution in [-0.4, -0.2) is 24.9 Å². The molecule has 5 nitrogen and oxygen atoms in total. The number of aliphatic imine (C=N–C) groups is 1. The summed E-state index contributed by atoms with van der Waals surface area (Å²) in [6, 6.07) is 3.62. The number of rotatable bonds is 5. The molecule has 1 heterocycles. The van der Waals surface area contributed by atoms with Gasteiger partial charge in [0, 0.05) is 20.3 Å². The molecule has 0 aliphatic heterocycles. The van der Waals surface area contributed by atoms with Gasteiger partial charge < -0.3 is 15.8 Å². The minimum absolute atomic E-state index is 0.396. The largest absolute Gasteiger partial charge is 0.485 e. The van der Waals surface area contributed by atoms with Gasteiger partial charge in [-0.15, -0.1) is 0 Å². The monoisotopic (exact) mass is 246 g/mol. The summed E-state index contributed by atoms with van der Waals surface area (Å²) in [4.78, 5) is 8.01. The predicted octanol–water partition coefficient (Wildman–Crippen LogP) is 1.50. The Bertz CT molecular complexity index is 466. The number of aromatic nitrogens is 1. The summed E-state index contributed by atoms with van der Waals surface area (Å²) in [5, 5.41) is 2.96. The summed E-state index contributed by atoms with van der Waals surface area (Å²) in [7, 11) is 3.48. The smallest absolute Gasteiger partial charge is 0.163 e. The summed E-state index contributed by atoms with van der Waals surface area (Å²) in [6.45, 7) is 4.05. The number of nitrogens with two attached hydrogens (primary N) is 1. The molecular weight excluding hydrogens is 228 g/mol. The molecule has 0 aliphatic carbocycles. The number of anilines is 1. The lowest BCUT2D eigenvalue weighted by Gasteiger charge is -2.12. The third-order valence-corrected chi connectivity index (χ3v) is 2.20. The number of nitrogens with one attached hydrogen (secondary N) is 1. The Balaban J connectivity index is 2.75. The van der Waals surface area contributed by atoms with Gasteiger partial charge >= 0.3 is 0 Å². The first-order valence-electron chi connectivity index (χ1n) is 5.52. The van der Waals surface area contributed by atoms with E-state index in [1.54, 1.807) is 38.5 Å². The van der Waals surface area contributed by atoms with Crippen molar-refractivity contribution >= 4 is 11.7 Å². The van der Waals surface area contributed by atoms with Crippen molar-refractivity contribution in [3.63, 3.8) is 0 Å². The Morgan fingerprint density at radius 1 is 1.67 bits per heavy atom. The van der Waals surface area contributed by atoms with E-state index in [0.717, 1.165) is 5.56 Å². The molecule has 0 atom stereocenters. The van der Waals surface area contributed by atoms with Gasteiger partial charge in [-0.2, -0.15) is 0 Å². The number of hydrogen-bond donors (Lipinski definition) is 2. The highest BCUT2D eigenvalue weighted by Crippen LogP contribution is 2.09. The van der Waals surface area contributed by atoms with Crippen LogP contribution in [0.3, 0.4) is 0 Å². The highest BCUT2D eigenvalue weighted by Gasteiger charge is 2.05. The molecule has 1 aromatic rings. The van der Waals surface area contributed by atoms with Gasteiger partial charge in [0.2, 0.25) is 0 Å². The number of hydrogen-bond acceptors (Lipinski definition) is 4. The van der Waals surface area contributed by atoms with Crippen LogP contribution in [0.2, 0.25) is 0 Å². The number of pyridine rings is 1. The standard InChI is InChI=1S/C13H18N4O/c1-4-5-11(13(15-2)16-3)18-9-10-6-7-17-12(14)8-10/h4-8H,1,9H2,2-3H3,(H2,14,17)(H,15,16)/b11-5+. The van der Waals surface area contributed by atoms with E-state index < -0.39 is 0 Å². The van der Waals surface area contributed by atoms with E-state index in [9.17, 15) is 0 Å². The van der Waals surface area contributed by atoms with Gasteiger partial charge in [-0.25, -0.2) is 4.98 Å². The van der Waals surface area contributed by atoms with Gasteiger partial charge in [-0.1, -0.05) is 12.7 Å². The normalized spacial score (nSPS) is 12.1. The highest BCUT2D eigenvalue weighted by molar-refractivity contribution is 5.96. The maximum absolute atomic E-state index is 5.68. The fraction of sp³-hybridized carbons (Fsp3) is 0.231. The molecule has 0 saturated carbocycles. The maximum Gasteiger partial charge on any atom is 0.163 e. The topological polar surface area (TPSA) is 72.5 Å². The Hall–Kier alpha value is -2.30. The van der Waals surface area contributed by atoms with Crippen molar-refractivity contribution in [3.05, 3.63) is 48.4 Å². The van der Waals surface area contributed by atoms with E-state index >= 15 is 0 Å². The maximum atomic E-state index is 5.68. The predicted molar refractivity (Wildman–Crippen MR) is 74.1 cm³/mol. The lowest BCUT2D eigenvalue weighted by molar-refractivity contribution is 0.216. The second-order valence-corrected chi connectivity index (χ2v) is 3.47. The van der Waals surface area contributed by atoms with Gasteiger partial charge in [0.1, 0.15) is 12.4 Å². The van der Waals surface area contributed by atoms with E-state index in [1.165, 1.54) is 0 Å². The molecule has 18 heavy (non-hydrogen) atoms. The second kappa shape index (κ2) is 7.11. The number of ether oxygens (including phenoxy) is 1. The van der Waals surface area contributed by atoms with Crippen LogP contribution in [0, 0.1) is 0 Å². The molecule has 0 radical (unpaired) electrons. The van der Waals surface area contributed by atoms with Crippen molar-refractivity contribution in [2.24, 2.45) is 4.99 Å².